The molecule has 29 heavy (non-hydrogen) atoms. The highest BCUT2D eigenvalue weighted by Crippen LogP contribution is 2.24. The molecule has 2 aromatic carbocycles. The number of amides is 1. The molecule has 1 amide bonds. The Morgan fingerprint density at radius 1 is 1.14 bits per heavy atom. The maximum Gasteiger partial charge on any atom is 0.254 e. The van der Waals surface area contributed by atoms with Crippen molar-refractivity contribution in [2.45, 2.75) is 32.8 Å². The summed E-state index contributed by atoms with van der Waals surface area (Å²) in [5.41, 5.74) is 6.08. The number of nitrogens with one attached hydrogen (secondary N) is 1. The van der Waals surface area contributed by atoms with Crippen molar-refractivity contribution in [3.63, 3.8) is 0 Å². The van der Waals surface area contributed by atoms with Crippen LogP contribution in [0, 0.1) is 19.8 Å². The van der Waals surface area contributed by atoms with Gasteiger partial charge in [-0.2, -0.15) is 5.10 Å². The molecule has 1 saturated heterocycles. The van der Waals surface area contributed by atoms with Crippen LogP contribution in [0.2, 0.25) is 0 Å². The SMILES string of the molecule is Cc1ccc(Cc2ccccc2C(=O)N2C[C@@H](Cc3cc(C)[nH]n3)[C@H](O)C2)cc1. The number of nitrogens with zero attached hydrogens (tertiary/aromatic N) is 2. The maximum atomic E-state index is 13.3. The first kappa shape index (κ1) is 19.4. The third-order valence-corrected chi connectivity index (χ3v) is 5.69. The molecular formula is C24H27N3O2. The summed E-state index contributed by atoms with van der Waals surface area (Å²) in [6, 6.07) is 18.2. The average molecular weight is 389 g/mol. The molecule has 1 aliphatic rings. The molecule has 1 aromatic heterocycles. The lowest BCUT2D eigenvalue weighted by atomic mass is 9.98. The fourth-order valence-electron chi connectivity index (χ4n) is 4.05. The fraction of sp³-hybridized carbons (Fsp3) is 0.333. The Bertz CT molecular complexity index is 993. The summed E-state index contributed by atoms with van der Waals surface area (Å²) < 4.78 is 0. The van der Waals surface area contributed by atoms with E-state index in [2.05, 4.69) is 41.4 Å². The number of aliphatic hydroxyl groups is 1. The van der Waals surface area contributed by atoms with Gasteiger partial charge in [0, 0.05) is 30.3 Å². The van der Waals surface area contributed by atoms with Gasteiger partial charge < -0.3 is 10.0 Å². The number of rotatable bonds is 5. The van der Waals surface area contributed by atoms with E-state index < -0.39 is 6.10 Å². The molecule has 4 rings (SSSR count). The van der Waals surface area contributed by atoms with Crippen LogP contribution in [0.4, 0.5) is 0 Å². The van der Waals surface area contributed by atoms with Gasteiger partial charge >= 0.3 is 0 Å². The summed E-state index contributed by atoms with van der Waals surface area (Å²) in [5.74, 6) is -0.00150. The first-order valence-corrected chi connectivity index (χ1v) is 10.1. The summed E-state index contributed by atoms with van der Waals surface area (Å²) in [4.78, 5) is 15.0. The predicted octanol–water partition coefficient (Wildman–Crippen LogP) is 3.29. The van der Waals surface area contributed by atoms with Gasteiger partial charge in [0.1, 0.15) is 0 Å². The van der Waals surface area contributed by atoms with Gasteiger partial charge in [-0.15, -0.1) is 0 Å². The lowest BCUT2D eigenvalue weighted by Crippen LogP contribution is -2.30. The highest BCUT2D eigenvalue weighted by molar-refractivity contribution is 5.96. The molecule has 0 spiro atoms. The van der Waals surface area contributed by atoms with Gasteiger partial charge in [0.25, 0.3) is 5.91 Å². The van der Waals surface area contributed by atoms with Gasteiger partial charge in [-0.3, -0.25) is 9.89 Å². The zero-order valence-electron chi connectivity index (χ0n) is 16.9. The number of hydrogen-bond acceptors (Lipinski definition) is 3. The molecule has 0 radical (unpaired) electrons. The number of hydrogen-bond donors (Lipinski definition) is 2. The summed E-state index contributed by atoms with van der Waals surface area (Å²) in [6.45, 7) is 4.94. The van der Waals surface area contributed by atoms with Crippen LogP contribution in [0.25, 0.3) is 0 Å². The minimum atomic E-state index is -0.528. The number of aliphatic hydroxyl groups excluding tert-OH is 1. The summed E-state index contributed by atoms with van der Waals surface area (Å²) in [6.07, 6.45) is 0.856. The number of β-amino-alcohol motifs (C(OH)–C–C–N with tert-alkyl or cyclic N) is 1. The second-order valence-electron chi connectivity index (χ2n) is 8.10. The molecular weight excluding hydrogens is 362 g/mol. The Balaban J connectivity index is 1.49. The Morgan fingerprint density at radius 3 is 2.62 bits per heavy atom. The molecule has 0 bridgehead atoms. The lowest BCUT2D eigenvalue weighted by molar-refractivity contribution is 0.0763. The number of aromatic nitrogens is 2. The minimum absolute atomic E-state index is 0.00547. The van der Waals surface area contributed by atoms with Gasteiger partial charge in [0.2, 0.25) is 0 Å². The standard InChI is InChI=1S/C24H27N3O2/c1-16-7-9-18(10-8-16)12-19-5-3-4-6-22(19)24(29)27-14-20(23(28)15-27)13-21-11-17(2)25-26-21/h3-11,20,23,28H,12-15H2,1-2H3,(H,25,26)/t20-,23-/m1/s1. The van der Waals surface area contributed by atoms with Crippen molar-refractivity contribution in [3.8, 4) is 0 Å². The fourth-order valence-corrected chi connectivity index (χ4v) is 4.05. The molecule has 2 N–H and O–H groups in total. The number of likely N-dealkylation sites (tertiary alicyclic amines) is 1. The molecule has 0 saturated carbocycles. The second kappa shape index (κ2) is 8.21. The average Bonchev–Trinajstić information content (AvgIpc) is 3.29. The van der Waals surface area contributed by atoms with Crippen molar-refractivity contribution in [1.29, 1.82) is 0 Å². The highest BCUT2D eigenvalue weighted by Gasteiger charge is 2.35. The Morgan fingerprint density at radius 2 is 1.90 bits per heavy atom. The summed E-state index contributed by atoms with van der Waals surface area (Å²) in [7, 11) is 0. The Labute approximate surface area is 171 Å². The van der Waals surface area contributed by atoms with Gasteiger partial charge in [0.15, 0.2) is 0 Å². The van der Waals surface area contributed by atoms with Gasteiger partial charge in [-0.25, -0.2) is 0 Å². The van der Waals surface area contributed by atoms with E-state index in [1.54, 1.807) is 4.90 Å². The topological polar surface area (TPSA) is 69.2 Å². The Kier molecular flexibility index (Phi) is 5.49. The van der Waals surface area contributed by atoms with E-state index in [9.17, 15) is 9.90 Å². The molecule has 0 unspecified atom stereocenters. The molecule has 5 nitrogen and oxygen atoms in total. The monoisotopic (exact) mass is 389 g/mol. The number of aromatic amines is 1. The van der Waals surface area contributed by atoms with E-state index in [0.717, 1.165) is 22.5 Å². The number of carbonyl (C=O) groups excluding carboxylic acids is 1. The maximum absolute atomic E-state index is 13.3. The van der Waals surface area contributed by atoms with E-state index in [-0.39, 0.29) is 11.8 Å². The lowest BCUT2D eigenvalue weighted by Gasteiger charge is -2.18. The molecule has 0 aliphatic carbocycles. The van der Waals surface area contributed by atoms with Gasteiger partial charge in [-0.1, -0.05) is 48.0 Å². The third kappa shape index (κ3) is 4.40. The van der Waals surface area contributed by atoms with Crippen molar-refractivity contribution in [2.75, 3.05) is 13.1 Å². The van der Waals surface area contributed by atoms with Gasteiger partial charge in [-0.05, 0) is 49.9 Å². The molecule has 1 fully saturated rings. The second-order valence-corrected chi connectivity index (χ2v) is 8.10. The van der Waals surface area contributed by atoms with Crippen LogP contribution < -0.4 is 0 Å². The van der Waals surface area contributed by atoms with E-state index >= 15 is 0 Å². The zero-order valence-corrected chi connectivity index (χ0v) is 16.9. The molecule has 5 heteroatoms. The number of carbonyl (C=O) groups is 1. The normalized spacial score (nSPS) is 18.9. The van der Waals surface area contributed by atoms with E-state index in [1.807, 2.05) is 37.3 Å². The largest absolute Gasteiger partial charge is 0.391 e. The van der Waals surface area contributed by atoms with Crippen molar-refractivity contribution >= 4 is 5.91 Å². The number of aryl methyl sites for hydroxylation is 2. The van der Waals surface area contributed by atoms with Crippen LogP contribution in [-0.4, -0.2) is 45.3 Å². The van der Waals surface area contributed by atoms with Crippen LogP contribution in [0.5, 0.6) is 0 Å². The van der Waals surface area contributed by atoms with E-state index in [1.165, 1.54) is 11.1 Å². The van der Waals surface area contributed by atoms with E-state index in [0.29, 0.717) is 25.9 Å². The van der Waals surface area contributed by atoms with Crippen LogP contribution in [-0.2, 0) is 12.8 Å². The smallest absolute Gasteiger partial charge is 0.254 e. The third-order valence-electron chi connectivity index (χ3n) is 5.69. The van der Waals surface area contributed by atoms with Crippen molar-refractivity contribution < 1.29 is 9.90 Å². The zero-order chi connectivity index (χ0) is 20.4. The summed E-state index contributed by atoms with van der Waals surface area (Å²) >= 11 is 0. The van der Waals surface area contributed by atoms with Crippen molar-refractivity contribution in [2.24, 2.45) is 5.92 Å². The highest BCUT2D eigenvalue weighted by atomic mass is 16.3. The predicted molar refractivity (Wildman–Crippen MR) is 113 cm³/mol. The van der Waals surface area contributed by atoms with Crippen LogP contribution >= 0.6 is 0 Å². The van der Waals surface area contributed by atoms with Crippen LogP contribution in [0.15, 0.2) is 54.6 Å². The van der Waals surface area contributed by atoms with Gasteiger partial charge in [0.05, 0.1) is 11.8 Å². The molecule has 2 heterocycles. The minimum Gasteiger partial charge on any atom is -0.391 e. The number of H-pyrrole nitrogens is 1. The molecule has 1 aliphatic heterocycles. The van der Waals surface area contributed by atoms with Crippen molar-refractivity contribution in [1.82, 2.24) is 15.1 Å². The van der Waals surface area contributed by atoms with E-state index in [4.69, 9.17) is 0 Å². The number of benzene rings is 2. The Hall–Kier alpha value is -2.92. The molecule has 3 aromatic rings. The summed E-state index contributed by atoms with van der Waals surface area (Å²) in [5, 5.41) is 17.7. The van der Waals surface area contributed by atoms with Crippen LogP contribution in [0.3, 0.4) is 0 Å². The van der Waals surface area contributed by atoms with Crippen molar-refractivity contribution in [3.05, 3.63) is 88.2 Å². The molecule has 150 valence electrons. The first-order valence-electron chi connectivity index (χ1n) is 10.1. The van der Waals surface area contributed by atoms with Crippen LogP contribution in [0.1, 0.15) is 38.4 Å². The molecule has 2 atom stereocenters. The first-order chi connectivity index (χ1) is 14.0. The quantitative estimate of drug-likeness (QED) is 0.704.